The first-order chi connectivity index (χ1) is 15.2. The number of imidazole rings is 1. The fourth-order valence-corrected chi connectivity index (χ4v) is 4.63. The molecule has 0 radical (unpaired) electrons. The molecule has 31 heavy (non-hydrogen) atoms. The molecule has 0 aliphatic carbocycles. The summed E-state index contributed by atoms with van der Waals surface area (Å²) >= 11 is 0. The SMILES string of the molecule is COc1ccc(NC(=O)C2CCN(c3ncnc4c3nc3n4CCCCC3)CC2)cc1. The number of nitrogens with one attached hydrogen (secondary N) is 1. The van der Waals surface area contributed by atoms with Crippen LogP contribution in [-0.4, -0.2) is 45.6 Å². The van der Waals surface area contributed by atoms with Gasteiger partial charge in [-0.25, -0.2) is 15.0 Å². The number of nitrogens with zero attached hydrogens (tertiary/aromatic N) is 5. The number of hydrogen-bond donors (Lipinski definition) is 1. The standard InChI is InChI=1S/C23H28N6O2/c1-31-18-8-6-17(7-9-18)26-23(30)16-10-13-28(14-11-16)21-20-22(25-15-24-21)29-12-4-2-3-5-19(29)27-20/h6-9,15-16H,2-5,10-14H2,1H3,(H,26,30). The van der Waals surface area contributed by atoms with Crippen molar-refractivity contribution < 1.29 is 9.53 Å². The predicted octanol–water partition coefficient (Wildman–Crippen LogP) is 3.42. The zero-order valence-electron chi connectivity index (χ0n) is 17.9. The Hall–Kier alpha value is -3.16. The summed E-state index contributed by atoms with van der Waals surface area (Å²) in [7, 11) is 1.63. The fourth-order valence-electron chi connectivity index (χ4n) is 4.63. The van der Waals surface area contributed by atoms with Crippen LogP contribution >= 0.6 is 0 Å². The summed E-state index contributed by atoms with van der Waals surface area (Å²) in [6.45, 7) is 2.56. The number of amides is 1. The molecule has 5 rings (SSSR count). The van der Waals surface area contributed by atoms with Gasteiger partial charge in [-0.15, -0.1) is 0 Å². The fraction of sp³-hybridized carbons (Fsp3) is 0.478. The van der Waals surface area contributed by atoms with Gasteiger partial charge in [-0.2, -0.15) is 0 Å². The lowest BCUT2D eigenvalue weighted by Gasteiger charge is -2.32. The summed E-state index contributed by atoms with van der Waals surface area (Å²) in [5.74, 6) is 2.88. The Morgan fingerprint density at radius 3 is 2.65 bits per heavy atom. The molecule has 1 amide bonds. The lowest BCUT2D eigenvalue weighted by Crippen LogP contribution is -2.38. The Bertz CT molecular complexity index is 1070. The molecule has 8 heteroatoms. The van der Waals surface area contributed by atoms with Gasteiger partial charge in [0.1, 0.15) is 17.9 Å². The minimum absolute atomic E-state index is 0.00519. The van der Waals surface area contributed by atoms with Gasteiger partial charge in [0, 0.05) is 37.7 Å². The Morgan fingerprint density at radius 2 is 1.87 bits per heavy atom. The van der Waals surface area contributed by atoms with Gasteiger partial charge in [-0.3, -0.25) is 4.79 Å². The van der Waals surface area contributed by atoms with E-state index in [4.69, 9.17) is 9.72 Å². The maximum atomic E-state index is 12.7. The van der Waals surface area contributed by atoms with Crippen molar-refractivity contribution >= 4 is 28.6 Å². The number of benzene rings is 1. The van der Waals surface area contributed by atoms with Gasteiger partial charge in [0.05, 0.1) is 7.11 Å². The molecule has 0 saturated carbocycles. The highest BCUT2D eigenvalue weighted by Crippen LogP contribution is 2.29. The first kappa shape index (κ1) is 19.8. The van der Waals surface area contributed by atoms with Gasteiger partial charge >= 0.3 is 0 Å². The second-order valence-corrected chi connectivity index (χ2v) is 8.34. The summed E-state index contributed by atoms with van der Waals surface area (Å²) in [5, 5.41) is 3.03. The number of methoxy groups -OCH3 is 1. The summed E-state index contributed by atoms with van der Waals surface area (Å²) in [5.41, 5.74) is 2.65. The van der Waals surface area contributed by atoms with Crippen molar-refractivity contribution in [1.29, 1.82) is 0 Å². The van der Waals surface area contributed by atoms with E-state index in [0.29, 0.717) is 0 Å². The van der Waals surface area contributed by atoms with Gasteiger partial charge in [-0.05, 0) is 49.9 Å². The molecule has 1 aromatic carbocycles. The van der Waals surface area contributed by atoms with Crippen molar-refractivity contribution in [1.82, 2.24) is 19.5 Å². The van der Waals surface area contributed by atoms with Crippen molar-refractivity contribution in [2.45, 2.75) is 45.1 Å². The van der Waals surface area contributed by atoms with Crippen LogP contribution in [0.5, 0.6) is 5.75 Å². The lowest BCUT2D eigenvalue weighted by atomic mass is 9.95. The molecular weight excluding hydrogens is 392 g/mol. The third-order valence-corrected chi connectivity index (χ3v) is 6.40. The smallest absolute Gasteiger partial charge is 0.227 e. The van der Waals surface area contributed by atoms with Crippen molar-refractivity contribution in [2.75, 3.05) is 30.4 Å². The van der Waals surface area contributed by atoms with Gasteiger partial charge in [0.2, 0.25) is 5.91 Å². The topological polar surface area (TPSA) is 85.2 Å². The van der Waals surface area contributed by atoms with E-state index < -0.39 is 0 Å². The molecule has 2 aliphatic rings. The molecule has 0 unspecified atom stereocenters. The number of piperidine rings is 1. The van der Waals surface area contributed by atoms with Crippen LogP contribution in [0.3, 0.4) is 0 Å². The number of ether oxygens (including phenoxy) is 1. The summed E-state index contributed by atoms with van der Waals surface area (Å²) in [6, 6.07) is 7.44. The number of aromatic nitrogens is 4. The van der Waals surface area contributed by atoms with Crippen LogP contribution in [0.2, 0.25) is 0 Å². The minimum Gasteiger partial charge on any atom is -0.497 e. The molecular formula is C23H28N6O2. The van der Waals surface area contributed by atoms with Gasteiger partial charge < -0.3 is 19.5 Å². The van der Waals surface area contributed by atoms with E-state index in [1.165, 1.54) is 19.3 Å². The molecule has 0 bridgehead atoms. The number of fused-ring (bicyclic) bond motifs is 3. The maximum Gasteiger partial charge on any atom is 0.227 e. The zero-order chi connectivity index (χ0) is 21.2. The molecule has 0 spiro atoms. The Morgan fingerprint density at radius 1 is 1.06 bits per heavy atom. The first-order valence-electron chi connectivity index (χ1n) is 11.1. The van der Waals surface area contributed by atoms with E-state index in [2.05, 4.69) is 24.8 Å². The number of carbonyl (C=O) groups is 1. The van der Waals surface area contributed by atoms with Crippen molar-refractivity contribution in [3.05, 3.63) is 36.4 Å². The number of carbonyl (C=O) groups excluding carboxylic acids is 1. The molecule has 8 nitrogen and oxygen atoms in total. The van der Waals surface area contributed by atoms with Crippen LogP contribution in [0.1, 0.15) is 37.9 Å². The van der Waals surface area contributed by atoms with E-state index in [0.717, 1.165) is 73.1 Å². The third kappa shape index (κ3) is 3.94. The summed E-state index contributed by atoms with van der Waals surface area (Å²) in [4.78, 5) is 29.0. The molecule has 2 aromatic heterocycles. The highest BCUT2D eigenvalue weighted by molar-refractivity contribution is 5.93. The second kappa shape index (κ2) is 8.53. The molecule has 162 valence electrons. The summed E-state index contributed by atoms with van der Waals surface area (Å²) in [6.07, 6.45) is 7.84. The molecule has 2 aliphatic heterocycles. The molecule has 4 heterocycles. The highest BCUT2D eigenvalue weighted by Gasteiger charge is 2.28. The average molecular weight is 421 g/mol. The Balaban J connectivity index is 1.27. The lowest BCUT2D eigenvalue weighted by molar-refractivity contribution is -0.120. The quantitative estimate of drug-likeness (QED) is 0.696. The third-order valence-electron chi connectivity index (χ3n) is 6.40. The van der Waals surface area contributed by atoms with Crippen molar-refractivity contribution in [2.24, 2.45) is 5.92 Å². The maximum absolute atomic E-state index is 12.7. The molecule has 3 aromatic rings. The number of rotatable bonds is 4. The number of hydrogen-bond acceptors (Lipinski definition) is 6. The van der Waals surface area contributed by atoms with Crippen LogP contribution in [0.25, 0.3) is 11.2 Å². The van der Waals surface area contributed by atoms with Gasteiger partial charge in [0.25, 0.3) is 0 Å². The van der Waals surface area contributed by atoms with Gasteiger partial charge in [0.15, 0.2) is 17.0 Å². The zero-order valence-corrected chi connectivity index (χ0v) is 17.9. The van der Waals surface area contributed by atoms with E-state index in [-0.39, 0.29) is 11.8 Å². The van der Waals surface area contributed by atoms with Gasteiger partial charge in [-0.1, -0.05) is 6.42 Å². The summed E-state index contributed by atoms with van der Waals surface area (Å²) < 4.78 is 7.44. The molecule has 1 fully saturated rings. The van der Waals surface area contributed by atoms with E-state index in [9.17, 15) is 4.79 Å². The van der Waals surface area contributed by atoms with Crippen LogP contribution in [0.15, 0.2) is 30.6 Å². The predicted molar refractivity (Wildman–Crippen MR) is 119 cm³/mol. The second-order valence-electron chi connectivity index (χ2n) is 8.34. The van der Waals surface area contributed by atoms with Crippen LogP contribution < -0.4 is 15.0 Å². The number of anilines is 2. The van der Waals surface area contributed by atoms with Crippen molar-refractivity contribution in [3.8, 4) is 5.75 Å². The Kier molecular flexibility index (Phi) is 5.44. The molecule has 1 saturated heterocycles. The minimum atomic E-state index is -0.00519. The van der Waals surface area contributed by atoms with E-state index in [1.807, 2.05) is 24.3 Å². The monoisotopic (exact) mass is 420 g/mol. The largest absolute Gasteiger partial charge is 0.497 e. The molecule has 0 atom stereocenters. The normalized spacial score (nSPS) is 17.3. The number of aryl methyl sites for hydroxylation is 2. The Labute approximate surface area is 181 Å². The van der Waals surface area contributed by atoms with Crippen LogP contribution in [0, 0.1) is 5.92 Å². The van der Waals surface area contributed by atoms with E-state index in [1.54, 1.807) is 13.4 Å². The van der Waals surface area contributed by atoms with Crippen LogP contribution in [0.4, 0.5) is 11.5 Å². The molecule has 1 N–H and O–H groups in total. The van der Waals surface area contributed by atoms with Crippen LogP contribution in [-0.2, 0) is 17.8 Å². The first-order valence-corrected chi connectivity index (χ1v) is 11.1. The average Bonchev–Trinajstić information content (AvgIpc) is 3.00. The highest BCUT2D eigenvalue weighted by atomic mass is 16.5. The van der Waals surface area contributed by atoms with E-state index >= 15 is 0 Å². The van der Waals surface area contributed by atoms with Crippen molar-refractivity contribution in [3.63, 3.8) is 0 Å².